The molecule has 118 valence electrons. The number of anilines is 1. The monoisotopic (exact) mass is 328 g/mol. The standard InChI is InChI=1S/C16H16N4O2S/c1-23(21,22)19-12-4-7-15-14(9-12)18-16(20(15)13-5-6-13)11-3-2-8-17-10-11/h2-4,7-10,13,19H,5-6H2,1H3. The molecule has 1 aliphatic carbocycles. The third-order valence-electron chi connectivity index (χ3n) is 3.82. The predicted octanol–water partition coefficient (Wildman–Crippen LogP) is 2.80. The van der Waals surface area contributed by atoms with Crippen LogP contribution in [-0.2, 0) is 10.0 Å². The molecule has 0 radical (unpaired) electrons. The van der Waals surface area contributed by atoms with Crippen molar-refractivity contribution in [2.75, 3.05) is 11.0 Å². The highest BCUT2D eigenvalue weighted by Crippen LogP contribution is 2.41. The number of hydrogen-bond donors (Lipinski definition) is 1. The number of rotatable bonds is 4. The van der Waals surface area contributed by atoms with E-state index in [4.69, 9.17) is 4.98 Å². The zero-order chi connectivity index (χ0) is 16.0. The van der Waals surface area contributed by atoms with Crippen molar-refractivity contribution in [1.29, 1.82) is 0 Å². The SMILES string of the molecule is CS(=O)(=O)Nc1ccc2c(c1)nc(-c1cccnc1)n2C1CC1. The van der Waals surface area contributed by atoms with Gasteiger partial charge in [0.15, 0.2) is 0 Å². The van der Waals surface area contributed by atoms with E-state index in [0.29, 0.717) is 11.7 Å². The fraction of sp³-hybridized carbons (Fsp3) is 0.250. The average Bonchev–Trinajstić information content (AvgIpc) is 3.27. The number of fused-ring (bicyclic) bond motifs is 1. The Hall–Kier alpha value is -2.41. The Bertz CT molecular complexity index is 976. The van der Waals surface area contributed by atoms with Gasteiger partial charge in [-0.2, -0.15) is 0 Å². The molecule has 0 saturated heterocycles. The summed E-state index contributed by atoms with van der Waals surface area (Å²) in [6.07, 6.45) is 6.96. The molecule has 0 bridgehead atoms. The van der Waals surface area contributed by atoms with Gasteiger partial charge in [-0.25, -0.2) is 13.4 Å². The smallest absolute Gasteiger partial charge is 0.229 e. The van der Waals surface area contributed by atoms with Crippen molar-refractivity contribution in [3.05, 3.63) is 42.7 Å². The Morgan fingerprint density at radius 2 is 2.09 bits per heavy atom. The summed E-state index contributed by atoms with van der Waals surface area (Å²) >= 11 is 0. The second-order valence-corrected chi connectivity index (χ2v) is 7.60. The number of sulfonamides is 1. The molecule has 0 spiro atoms. The number of aromatic nitrogens is 3. The van der Waals surface area contributed by atoms with E-state index in [0.717, 1.165) is 41.5 Å². The molecule has 0 amide bonds. The maximum Gasteiger partial charge on any atom is 0.229 e. The Morgan fingerprint density at radius 3 is 2.74 bits per heavy atom. The van der Waals surface area contributed by atoms with Gasteiger partial charge in [0.2, 0.25) is 10.0 Å². The van der Waals surface area contributed by atoms with Gasteiger partial charge in [0.25, 0.3) is 0 Å². The number of nitrogens with zero attached hydrogens (tertiary/aromatic N) is 3. The van der Waals surface area contributed by atoms with Gasteiger partial charge >= 0.3 is 0 Å². The van der Waals surface area contributed by atoms with Crippen LogP contribution in [0.15, 0.2) is 42.7 Å². The molecule has 1 fully saturated rings. The molecule has 7 heteroatoms. The van der Waals surface area contributed by atoms with Crippen LogP contribution < -0.4 is 4.72 Å². The molecule has 0 unspecified atom stereocenters. The first kappa shape index (κ1) is 14.2. The molecule has 3 aromatic rings. The van der Waals surface area contributed by atoms with Gasteiger partial charge in [-0.15, -0.1) is 0 Å². The molecule has 1 aliphatic rings. The second-order valence-electron chi connectivity index (χ2n) is 5.86. The lowest BCUT2D eigenvalue weighted by Crippen LogP contribution is -2.09. The summed E-state index contributed by atoms with van der Waals surface area (Å²) in [5.74, 6) is 0.882. The molecule has 1 aromatic carbocycles. The lowest BCUT2D eigenvalue weighted by molar-refractivity contribution is 0.607. The molecule has 0 aliphatic heterocycles. The van der Waals surface area contributed by atoms with Crippen LogP contribution in [-0.4, -0.2) is 29.2 Å². The van der Waals surface area contributed by atoms with Gasteiger partial charge < -0.3 is 4.57 Å². The second kappa shape index (κ2) is 5.06. The lowest BCUT2D eigenvalue weighted by Gasteiger charge is -2.07. The molecule has 1 saturated carbocycles. The molecule has 2 aromatic heterocycles. The van der Waals surface area contributed by atoms with E-state index in [9.17, 15) is 8.42 Å². The van der Waals surface area contributed by atoms with Gasteiger partial charge in [0, 0.05) is 24.0 Å². The van der Waals surface area contributed by atoms with E-state index in [1.54, 1.807) is 24.5 Å². The van der Waals surface area contributed by atoms with Crippen LogP contribution in [0.5, 0.6) is 0 Å². The normalized spacial score (nSPS) is 15.0. The predicted molar refractivity (Wildman–Crippen MR) is 89.7 cm³/mol. The van der Waals surface area contributed by atoms with E-state index >= 15 is 0 Å². The molecule has 0 atom stereocenters. The van der Waals surface area contributed by atoms with E-state index in [-0.39, 0.29) is 0 Å². The van der Waals surface area contributed by atoms with Crippen LogP contribution in [0.1, 0.15) is 18.9 Å². The maximum atomic E-state index is 11.4. The summed E-state index contributed by atoms with van der Waals surface area (Å²) in [5.41, 5.74) is 3.29. The highest BCUT2D eigenvalue weighted by atomic mass is 32.2. The van der Waals surface area contributed by atoms with Crippen LogP contribution in [0.25, 0.3) is 22.4 Å². The molecule has 6 nitrogen and oxygen atoms in total. The van der Waals surface area contributed by atoms with Crippen molar-refractivity contribution in [2.45, 2.75) is 18.9 Å². The zero-order valence-electron chi connectivity index (χ0n) is 12.6. The number of benzene rings is 1. The first-order valence-corrected chi connectivity index (χ1v) is 9.30. The quantitative estimate of drug-likeness (QED) is 0.799. The van der Waals surface area contributed by atoms with Gasteiger partial charge in [-0.3, -0.25) is 9.71 Å². The van der Waals surface area contributed by atoms with Crippen LogP contribution >= 0.6 is 0 Å². The van der Waals surface area contributed by atoms with Crippen LogP contribution in [0.3, 0.4) is 0 Å². The fourth-order valence-electron chi connectivity index (χ4n) is 2.78. The molecule has 4 rings (SSSR count). The highest BCUT2D eigenvalue weighted by molar-refractivity contribution is 7.92. The Balaban J connectivity index is 1.88. The summed E-state index contributed by atoms with van der Waals surface area (Å²) in [6.45, 7) is 0. The zero-order valence-corrected chi connectivity index (χ0v) is 13.4. The summed E-state index contributed by atoms with van der Waals surface area (Å²) in [5, 5.41) is 0. The van der Waals surface area contributed by atoms with Crippen molar-refractivity contribution < 1.29 is 8.42 Å². The van der Waals surface area contributed by atoms with Gasteiger partial charge in [0.1, 0.15) is 5.82 Å². The minimum absolute atomic E-state index is 0.462. The van der Waals surface area contributed by atoms with E-state index in [1.165, 1.54) is 0 Å². The minimum atomic E-state index is -3.30. The molecule has 1 N–H and O–H groups in total. The molecular weight excluding hydrogens is 312 g/mol. The fourth-order valence-corrected chi connectivity index (χ4v) is 3.33. The van der Waals surface area contributed by atoms with E-state index in [1.807, 2.05) is 18.2 Å². The Kier molecular flexibility index (Phi) is 3.12. The number of hydrogen-bond acceptors (Lipinski definition) is 4. The Morgan fingerprint density at radius 1 is 1.26 bits per heavy atom. The summed E-state index contributed by atoms with van der Waals surface area (Å²) in [7, 11) is -3.30. The van der Waals surface area contributed by atoms with Crippen LogP contribution in [0.4, 0.5) is 5.69 Å². The topological polar surface area (TPSA) is 76.9 Å². The van der Waals surface area contributed by atoms with Crippen LogP contribution in [0, 0.1) is 0 Å². The number of imidazole rings is 1. The molecule has 23 heavy (non-hydrogen) atoms. The number of pyridine rings is 1. The highest BCUT2D eigenvalue weighted by Gasteiger charge is 2.28. The Labute approximate surface area is 134 Å². The summed E-state index contributed by atoms with van der Waals surface area (Å²) < 4.78 is 27.5. The average molecular weight is 328 g/mol. The van der Waals surface area contributed by atoms with Gasteiger partial charge in [-0.05, 0) is 43.2 Å². The van der Waals surface area contributed by atoms with Crippen LogP contribution in [0.2, 0.25) is 0 Å². The van der Waals surface area contributed by atoms with E-state index in [2.05, 4.69) is 14.3 Å². The van der Waals surface area contributed by atoms with Crippen molar-refractivity contribution in [2.24, 2.45) is 0 Å². The molecular formula is C16H16N4O2S. The first-order chi connectivity index (χ1) is 11.0. The summed E-state index contributed by atoms with van der Waals surface area (Å²) in [4.78, 5) is 8.90. The van der Waals surface area contributed by atoms with Gasteiger partial charge in [-0.1, -0.05) is 0 Å². The van der Waals surface area contributed by atoms with Crippen molar-refractivity contribution in [3.8, 4) is 11.4 Å². The minimum Gasteiger partial charge on any atom is -0.321 e. The van der Waals surface area contributed by atoms with Crippen molar-refractivity contribution in [1.82, 2.24) is 14.5 Å². The summed E-state index contributed by atoms with van der Waals surface area (Å²) in [6, 6.07) is 9.81. The van der Waals surface area contributed by atoms with Gasteiger partial charge in [0.05, 0.1) is 23.0 Å². The third kappa shape index (κ3) is 2.79. The lowest BCUT2D eigenvalue weighted by atomic mass is 10.2. The largest absolute Gasteiger partial charge is 0.321 e. The maximum absolute atomic E-state index is 11.4. The first-order valence-electron chi connectivity index (χ1n) is 7.41. The number of nitrogens with one attached hydrogen (secondary N) is 1. The third-order valence-corrected chi connectivity index (χ3v) is 4.43. The van der Waals surface area contributed by atoms with Crippen molar-refractivity contribution >= 4 is 26.7 Å². The van der Waals surface area contributed by atoms with E-state index < -0.39 is 10.0 Å². The molecule has 2 heterocycles. The van der Waals surface area contributed by atoms with Crippen molar-refractivity contribution in [3.63, 3.8) is 0 Å².